The van der Waals surface area contributed by atoms with E-state index >= 15 is 0 Å². The smallest absolute Gasteiger partial charge is 0.0336 e. The summed E-state index contributed by atoms with van der Waals surface area (Å²) >= 11 is 5.43. The maximum atomic E-state index is 3.59. The highest BCUT2D eigenvalue weighted by Gasteiger charge is 2.22. The molecule has 1 aliphatic heterocycles. The number of hydrogen-bond acceptors (Lipinski definition) is 3. The van der Waals surface area contributed by atoms with Gasteiger partial charge in [0.1, 0.15) is 0 Å². The molecule has 4 heteroatoms. The molecule has 0 radical (unpaired) electrons. The Morgan fingerprint density at radius 3 is 3.00 bits per heavy atom. The summed E-state index contributed by atoms with van der Waals surface area (Å²) in [5.41, 5.74) is 0. The van der Waals surface area contributed by atoms with Crippen LogP contribution in [0, 0.1) is 0 Å². The van der Waals surface area contributed by atoms with Crippen molar-refractivity contribution < 1.29 is 0 Å². The number of hydrogen-bond donors (Lipinski definition) is 0. The first kappa shape index (κ1) is 12.6. The molecule has 0 bridgehead atoms. The van der Waals surface area contributed by atoms with Gasteiger partial charge in [-0.2, -0.15) is 0 Å². The molecule has 0 aliphatic carbocycles. The Hall–Kier alpha value is 0.1000. The highest BCUT2D eigenvalue weighted by Crippen LogP contribution is 2.24. The van der Waals surface area contributed by atoms with E-state index in [9.17, 15) is 0 Å². The maximum absolute atomic E-state index is 3.59. The number of likely N-dealkylation sites (N-methyl/N-ethyl adjacent to an activating group) is 2. The third kappa shape index (κ3) is 3.06. The maximum Gasteiger partial charge on any atom is 0.0336 e. The molecule has 0 spiro atoms. The lowest BCUT2D eigenvalue weighted by Gasteiger charge is -2.25. The van der Waals surface area contributed by atoms with E-state index < -0.39 is 0 Å². The number of likely N-dealkylation sites (tertiary alicyclic amines) is 1. The van der Waals surface area contributed by atoms with Crippen LogP contribution in [0.3, 0.4) is 0 Å². The number of thiophene rings is 1. The molecule has 1 fully saturated rings. The minimum Gasteiger partial charge on any atom is -0.302 e. The second-order valence-corrected chi connectivity index (χ2v) is 6.52. The summed E-state index contributed by atoms with van der Waals surface area (Å²) in [5, 5.41) is 2.15. The SMILES string of the molecule is CN(Cc1sccc1Br)CC1CCCN1C. The van der Waals surface area contributed by atoms with E-state index in [0.717, 1.165) is 12.6 Å². The summed E-state index contributed by atoms with van der Waals surface area (Å²) in [5.74, 6) is 0. The Balaban J connectivity index is 1.84. The van der Waals surface area contributed by atoms with E-state index in [-0.39, 0.29) is 0 Å². The van der Waals surface area contributed by atoms with Crippen molar-refractivity contribution in [1.82, 2.24) is 9.80 Å². The zero-order valence-electron chi connectivity index (χ0n) is 9.95. The Bertz CT molecular complexity index is 340. The zero-order chi connectivity index (χ0) is 11.5. The van der Waals surface area contributed by atoms with Crippen molar-refractivity contribution in [2.24, 2.45) is 0 Å². The van der Waals surface area contributed by atoms with Gasteiger partial charge in [-0.05, 0) is 60.9 Å². The first-order valence-electron chi connectivity index (χ1n) is 5.77. The summed E-state index contributed by atoms with van der Waals surface area (Å²) in [6.45, 7) is 3.50. The van der Waals surface area contributed by atoms with Gasteiger partial charge in [0.25, 0.3) is 0 Å². The van der Waals surface area contributed by atoms with Crippen molar-refractivity contribution in [3.63, 3.8) is 0 Å². The molecule has 0 N–H and O–H groups in total. The molecule has 0 aromatic carbocycles. The van der Waals surface area contributed by atoms with Crippen LogP contribution in [-0.2, 0) is 6.54 Å². The van der Waals surface area contributed by atoms with Gasteiger partial charge in [-0.1, -0.05) is 0 Å². The van der Waals surface area contributed by atoms with Crippen LogP contribution in [-0.4, -0.2) is 43.0 Å². The van der Waals surface area contributed by atoms with Gasteiger partial charge in [-0.3, -0.25) is 4.90 Å². The molecular formula is C12H19BrN2S. The predicted molar refractivity (Wildman–Crippen MR) is 74.0 cm³/mol. The molecule has 90 valence electrons. The second kappa shape index (κ2) is 5.63. The molecule has 0 amide bonds. The summed E-state index contributed by atoms with van der Waals surface area (Å²) < 4.78 is 1.25. The Morgan fingerprint density at radius 1 is 1.62 bits per heavy atom. The standard InChI is InChI=1S/C12H19BrN2S/c1-14(8-10-4-3-6-15(10)2)9-12-11(13)5-7-16-12/h5,7,10H,3-4,6,8-9H2,1-2H3. The topological polar surface area (TPSA) is 6.48 Å². The predicted octanol–water partition coefficient (Wildman–Crippen LogP) is 3.04. The van der Waals surface area contributed by atoms with Gasteiger partial charge in [-0.15, -0.1) is 11.3 Å². The van der Waals surface area contributed by atoms with Crippen LogP contribution >= 0.6 is 27.3 Å². The van der Waals surface area contributed by atoms with Gasteiger partial charge < -0.3 is 4.90 Å². The average molecular weight is 303 g/mol. The van der Waals surface area contributed by atoms with Gasteiger partial charge in [0.05, 0.1) is 0 Å². The molecule has 0 saturated carbocycles. The van der Waals surface area contributed by atoms with Gasteiger partial charge in [-0.25, -0.2) is 0 Å². The van der Waals surface area contributed by atoms with Crippen molar-refractivity contribution in [3.8, 4) is 0 Å². The van der Waals surface area contributed by atoms with Crippen molar-refractivity contribution >= 4 is 27.3 Å². The minimum absolute atomic E-state index is 0.753. The van der Waals surface area contributed by atoms with Crippen LogP contribution < -0.4 is 0 Å². The summed E-state index contributed by atoms with van der Waals surface area (Å²) in [7, 11) is 4.46. The summed E-state index contributed by atoms with van der Waals surface area (Å²) in [4.78, 5) is 6.35. The molecule has 1 saturated heterocycles. The fourth-order valence-corrected chi connectivity index (χ4v) is 3.87. The lowest BCUT2D eigenvalue weighted by atomic mass is 10.2. The number of rotatable bonds is 4. The molecule has 1 atom stereocenters. The molecule has 16 heavy (non-hydrogen) atoms. The van der Waals surface area contributed by atoms with Gasteiger partial charge in [0.15, 0.2) is 0 Å². The van der Waals surface area contributed by atoms with Crippen molar-refractivity contribution in [2.75, 3.05) is 27.2 Å². The third-order valence-electron chi connectivity index (χ3n) is 3.30. The van der Waals surface area contributed by atoms with Crippen LogP contribution in [0.25, 0.3) is 0 Å². The Kier molecular flexibility index (Phi) is 4.41. The summed E-state index contributed by atoms with van der Waals surface area (Å²) in [6, 6.07) is 2.89. The fourth-order valence-electron chi connectivity index (χ4n) is 2.32. The Labute approximate surface area is 110 Å². The van der Waals surface area contributed by atoms with Crippen LogP contribution in [0.1, 0.15) is 17.7 Å². The number of nitrogens with zero attached hydrogens (tertiary/aromatic N) is 2. The van der Waals surface area contributed by atoms with E-state index in [2.05, 4.69) is 51.3 Å². The van der Waals surface area contributed by atoms with Crippen LogP contribution in [0.2, 0.25) is 0 Å². The van der Waals surface area contributed by atoms with E-state index in [1.54, 1.807) is 0 Å². The van der Waals surface area contributed by atoms with Crippen LogP contribution in [0.15, 0.2) is 15.9 Å². The molecular weight excluding hydrogens is 284 g/mol. The van der Waals surface area contributed by atoms with E-state index in [1.165, 1.54) is 35.3 Å². The molecule has 2 rings (SSSR count). The van der Waals surface area contributed by atoms with E-state index in [1.807, 2.05) is 11.3 Å². The quantitative estimate of drug-likeness (QED) is 0.843. The second-order valence-electron chi connectivity index (χ2n) is 4.67. The molecule has 2 heterocycles. The average Bonchev–Trinajstić information content (AvgIpc) is 2.79. The molecule has 1 unspecified atom stereocenters. The highest BCUT2D eigenvalue weighted by atomic mass is 79.9. The van der Waals surface area contributed by atoms with Crippen molar-refractivity contribution in [1.29, 1.82) is 0 Å². The first-order chi connectivity index (χ1) is 7.66. The zero-order valence-corrected chi connectivity index (χ0v) is 12.4. The van der Waals surface area contributed by atoms with Crippen molar-refractivity contribution in [2.45, 2.75) is 25.4 Å². The van der Waals surface area contributed by atoms with Gasteiger partial charge in [0.2, 0.25) is 0 Å². The Morgan fingerprint density at radius 2 is 2.44 bits per heavy atom. The third-order valence-corrected chi connectivity index (χ3v) is 5.21. The fraction of sp³-hybridized carbons (Fsp3) is 0.667. The minimum atomic E-state index is 0.753. The summed E-state index contributed by atoms with van der Waals surface area (Å²) in [6.07, 6.45) is 2.71. The normalized spacial score (nSPS) is 22.1. The molecule has 1 aromatic heterocycles. The van der Waals surface area contributed by atoms with Gasteiger partial charge >= 0.3 is 0 Å². The first-order valence-corrected chi connectivity index (χ1v) is 7.44. The van der Waals surface area contributed by atoms with Crippen LogP contribution in [0.4, 0.5) is 0 Å². The molecule has 2 nitrogen and oxygen atoms in total. The number of halogens is 1. The van der Waals surface area contributed by atoms with E-state index in [0.29, 0.717) is 0 Å². The van der Waals surface area contributed by atoms with Gasteiger partial charge in [0, 0.05) is 28.5 Å². The lowest BCUT2D eigenvalue weighted by molar-refractivity contribution is 0.216. The lowest BCUT2D eigenvalue weighted by Crippen LogP contribution is -2.36. The van der Waals surface area contributed by atoms with Crippen molar-refractivity contribution in [3.05, 3.63) is 20.8 Å². The largest absolute Gasteiger partial charge is 0.302 e. The van der Waals surface area contributed by atoms with Crippen LogP contribution in [0.5, 0.6) is 0 Å². The molecule has 1 aromatic rings. The highest BCUT2D eigenvalue weighted by molar-refractivity contribution is 9.10. The molecule has 1 aliphatic rings. The monoisotopic (exact) mass is 302 g/mol. The van der Waals surface area contributed by atoms with E-state index in [4.69, 9.17) is 0 Å².